The van der Waals surface area contributed by atoms with Gasteiger partial charge in [-0.15, -0.1) is 0 Å². The van der Waals surface area contributed by atoms with Gasteiger partial charge in [-0.2, -0.15) is 0 Å². The predicted molar refractivity (Wildman–Crippen MR) is 67.8 cm³/mol. The van der Waals surface area contributed by atoms with Gasteiger partial charge in [0.15, 0.2) is 0 Å². The molecule has 1 atom stereocenters. The molecule has 6 heteroatoms. The van der Waals surface area contributed by atoms with Gasteiger partial charge in [0.25, 0.3) is 0 Å². The van der Waals surface area contributed by atoms with Crippen molar-refractivity contribution in [3.05, 3.63) is 0 Å². The number of unbranched alkanes of at least 4 members (excludes halogenated alkanes) is 5. The Morgan fingerprint density at radius 2 is 1.50 bits per heavy atom. The van der Waals surface area contributed by atoms with Crippen molar-refractivity contribution in [2.45, 2.75) is 70.8 Å². The predicted octanol–water partition coefficient (Wildman–Crippen LogP) is -0.573. The van der Waals surface area contributed by atoms with Gasteiger partial charge in [0.1, 0.15) is 0 Å². The molecule has 0 fully saturated rings. The summed E-state index contributed by atoms with van der Waals surface area (Å²) < 4.78 is 31.0. The van der Waals surface area contributed by atoms with Gasteiger partial charge in [-0.05, 0) is 19.3 Å². The van der Waals surface area contributed by atoms with Crippen LogP contribution in [0, 0.1) is 0 Å². The molecule has 1 unspecified atom stereocenters. The first kappa shape index (κ1) is 21.2. The summed E-state index contributed by atoms with van der Waals surface area (Å²) in [5, 5.41) is 9.63. The fraction of sp³-hybridized carbons (Fsp3) is 1.00. The molecule has 0 aromatic heterocycles. The van der Waals surface area contributed by atoms with E-state index in [9.17, 15) is 18.1 Å². The molecule has 0 aliphatic heterocycles. The first-order valence-corrected chi connectivity index (χ1v) is 8.15. The fourth-order valence-electron chi connectivity index (χ4n) is 1.79. The molecule has 104 valence electrons. The van der Waals surface area contributed by atoms with Gasteiger partial charge in [-0.3, -0.25) is 0 Å². The van der Waals surface area contributed by atoms with E-state index in [2.05, 4.69) is 6.92 Å². The second kappa shape index (κ2) is 12.9. The number of hydrogen-bond acceptors (Lipinski definition) is 4. The first-order chi connectivity index (χ1) is 7.95. The normalized spacial score (nSPS) is 13.1. The summed E-state index contributed by atoms with van der Waals surface area (Å²) in [5.41, 5.74) is 0. The zero-order valence-electron chi connectivity index (χ0n) is 11.7. The molecular weight excluding hydrogens is 263 g/mol. The van der Waals surface area contributed by atoms with E-state index in [1.165, 1.54) is 19.3 Å². The summed E-state index contributed by atoms with van der Waals surface area (Å²) in [5.74, 6) is -0.278. The summed E-state index contributed by atoms with van der Waals surface area (Å²) in [6.45, 7) is 2.15. The van der Waals surface area contributed by atoms with Crippen molar-refractivity contribution in [2.24, 2.45) is 0 Å². The van der Waals surface area contributed by atoms with Crippen LogP contribution < -0.4 is 29.6 Å². The summed E-state index contributed by atoms with van der Waals surface area (Å²) >= 11 is 0. The van der Waals surface area contributed by atoms with Crippen LogP contribution in [0.3, 0.4) is 0 Å². The zero-order valence-corrected chi connectivity index (χ0v) is 14.5. The third kappa shape index (κ3) is 16.9. The Bertz CT molecular complexity index is 267. The Morgan fingerprint density at radius 3 is 1.94 bits per heavy atom. The number of aliphatic hydroxyl groups excluding tert-OH is 1. The summed E-state index contributed by atoms with van der Waals surface area (Å²) in [7, 11) is -4.06. The minimum atomic E-state index is -4.06. The molecule has 0 aromatic carbocycles. The molecule has 0 heterocycles. The first-order valence-electron chi connectivity index (χ1n) is 6.57. The molecule has 0 amide bonds. The number of hydrogen-bond donors (Lipinski definition) is 1. The van der Waals surface area contributed by atoms with Crippen LogP contribution in [0.25, 0.3) is 0 Å². The van der Waals surface area contributed by atoms with Crippen LogP contribution in [0.1, 0.15) is 64.7 Å². The van der Waals surface area contributed by atoms with Crippen molar-refractivity contribution >= 4 is 10.1 Å². The van der Waals surface area contributed by atoms with Crippen molar-refractivity contribution in [3.8, 4) is 0 Å². The van der Waals surface area contributed by atoms with Gasteiger partial charge in [0, 0.05) is 5.75 Å². The van der Waals surface area contributed by atoms with Crippen LogP contribution >= 0.6 is 0 Å². The maximum atomic E-state index is 10.3. The minimum Gasteiger partial charge on any atom is -0.748 e. The Morgan fingerprint density at radius 1 is 1.00 bits per heavy atom. The molecule has 18 heavy (non-hydrogen) atoms. The van der Waals surface area contributed by atoms with Crippen molar-refractivity contribution in [1.82, 2.24) is 0 Å². The molecule has 1 N–H and O–H groups in total. The third-order valence-electron chi connectivity index (χ3n) is 2.82. The van der Waals surface area contributed by atoms with E-state index >= 15 is 0 Å². The molecule has 0 saturated heterocycles. The second-order valence-electron chi connectivity index (χ2n) is 4.61. The van der Waals surface area contributed by atoms with E-state index in [0.717, 1.165) is 19.3 Å². The Balaban J connectivity index is 0. The van der Waals surface area contributed by atoms with Crippen LogP contribution in [0.15, 0.2) is 0 Å². The SMILES string of the molecule is CCCCCCC(O)CCCCCS(=O)(=O)[O-].[Na+]. The van der Waals surface area contributed by atoms with E-state index in [1.807, 2.05) is 0 Å². The van der Waals surface area contributed by atoms with Crippen molar-refractivity contribution < 1.29 is 47.6 Å². The van der Waals surface area contributed by atoms with Crippen molar-refractivity contribution in [1.29, 1.82) is 0 Å². The fourth-order valence-corrected chi connectivity index (χ4v) is 2.34. The summed E-state index contributed by atoms with van der Waals surface area (Å²) in [6.07, 6.45) is 7.83. The van der Waals surface area contributed by atoms with E-state index in [1.54, 1.807) is 0 Å². The third-order valence-corrected chi connectivity index (χ3v) is 3.61. The van der Waals surface area contributed by atoms with Gasteiger partial charge in [-0.1, -0.05) is 45.4 Å². The Kier molecular flexibility index (Phi) is 15.2. The Hall–Kier alpha value is 0.870. The maximum absolute atomic E-state index is 10.3. The van der Waals surface area contributed by atoms with Crippen LogP contribution in [0.2, 0.25) is 0 Å². The van der Waals surface area contributed by atoms with Crippen LogP contribution in [0.4, 0.5) is 0 Å². The summed E-state index contributed by atoms with van der Waals surface area (Å²) in [6, 6.07) is 0. The quantitative estimate of drug-likeness (QED) is 0.314. The van der Waals surface area contributed by atoms with Gasteiger partial charge >= 0.3 is 29.6 Å². The molecule has 0 aliphatic carbocycles. The zero-order chi connectivity index (χ0) is 13.1. The Labute approximate surface area is 134 Å². The summed E-state index contributed by atoms with van der Waals surface area (Å²) in [4.78, 5) is 0. The smallest absolute Gasteiger partial charge is 0.748 e. The van der Waals surface area contributed by atoms with Crippen molar-refractivity contribution in [3.63, 3.8) is 0 Å². The molecule has 0 rings (SSSR count). The van der Waals surface area contributed by atoms with Gasteiger partial charge < -0.3 is 9.66 Å². The largest absolute Gasteiger partial charge is 1.00 e. The minimum absolute atomic E-state index is 0. The average Bonchev–Trinajstić information content (AvgIpc) is 2.22. The molecule has 0 aliphatic rings. The van der Waals surface area contributed by atoms with Crippen LogP contribution in [-0.2, 0) is 10.1 Å². The van der Waals surface area contributed by atoms with Gasteiger partial charge in [-0.25, -0.2) is 8.42 Å². The standard InChI is InChI=1S/C12H26O4S.Na/c1-2-3-4-6-9-12(13)10-7-5-8-11-17(14,15)16;/h12-13H,2-11H2,1H3,(H,14,15,16);/q;+1/p-1. The van der Waals surface area contributed by atoms with Crippen LogP contribution in [0.5, 0.6) is 0 Å². The molecular formula is C12H25NaO4S. The monoisotopic (exact) mass is 288 g/mol. The van der Waals surface area contributed by atoms with E-state index in [-0.39, 0.29) is 41.4 Å². The van der Waals surface area contributed by atoms with Gasteiger partial charge in [0.05, 0.1) is 16.2 Å². The second-order valence-corrected chi connectivity index (χ2v) is 6.14. The number of aliphatic hydroxyl groups is 1. The average molecular weight is 288 g/mol. The molecule has 0 spiro atoms. The van der Waals surface area contributed by atoms with E-state index < -0.39 is 10.1 Å². The van der Waals surface area contributed by atoms with Crippen LogP contribution in [-0.4, -0.2) is 29.9 Å². The van der Waals surface area contributed by atoms with Gasteiger partial charge in [0.2, 0.25) is 0 Å². The molecule has 0 saturated carbocycles. The molecule has 0 radical (unpaired) electrons. The maximum Gasteiger partial charge on any atom is 1.00 e. The number of rotatable bonds is 11. The molecule has 0 bridgehead atoms. The van der Waals surface area contributed by atoms with E-state index in [4.69, 9.17) is 0 Å². The molecule has 4 nitrogen and oxygen atoms in total. The van der Waals surface area contributed by atoms with Crippen molar-refractivity contribution in [2.75, 3.05) is 5.75 Å². The molecule has 0 aromatic rings. The topological polar surface area (TPSA) is 77.4 Å². The van der Waals surface area contributed by atoms with E-state index in [0.29, 0.717) is 19.3 Å².